The van der Waals surface area contributed by atoms with E-state index in [2.05, 4.69) is 10.5 Å². The fourth-order valence-corrected chi connectivity index (χ4v) is 2.04. The van der Waals surface area contributed by atoms with Gasteiger partial charge in [0, 0.05) is 5.39 Å². The first-order chi connectivity index (χ1) is 10.2. The monoisotopic (exact) mass is 278 g/mol. The van der Waals surface area contributed by atoms with Crippen molar-refractivity contribution in [1.82, 2.24) is 0 Å². The highest BCUT2D eigenvalue weighted by Crippen LogP contribution is 2.13. The van der Waals surface area contributed by atoms with Crippen molar-refractivity contribution in [1.29, 1.82) is 0 Å². The Morgan fingerprint density at radius 3 is 2.57 bits per heavy atom. The van der Waals surface area contributed by atoms with Crippen LogP contribution in [0.1, 0.15) is 12.5 Å². The predicted octanol–water partition coefficient (Wildman–Crippen LogP) is 3.63. The summed E-state index contributed by atoms with van der Waals surface area (Å²) in [6, 6.07) is 18.8. The van der Waals surface area contributed by atoms with E-state index in [1.807, 2.05) is 48.5 Å². The Balaban J connectivity index is 1.95. The molecule has 0 saturated heterocycles. The number of hydrogen-bond donors (Lipinski definition) is 1. The molecule has 0 saturated carbocycles. The summed E-state index contributed by atoms with van der Waals surface area (Å²) in [5.41, 5.74) is 5.02. The van der Waals surface area contributed by atoms with Gasteiger partial charge in [0.1, 0.15) is 5.58 Å². The second-order valence-electron chi connectivity index (χ2n) is 4.66. The van der Waals surface area contributed by atoms with Gasteiger partial charge in [-0.15, -0.1) is 0 Å². The molecule has 4 nitrogen and oxygen atoms in total. The number of nitrogens with one attached hydrogen (secondary N) is 1. The van der Waals surface area contributed by atoms with Crippen molar-refractivity contribution in [3.8, 4) is 0 Å². The Labute approximate surface area is 121 Å². The fraction of sp³-hybridized carbons (Fsp3) is 0.0588. The second-order valence-corrected chi connectivity index (χ2v) is 4.66. The Kier molecular flexibility index (Phi) is 3.51. The highest BCUT2D eigenvalue weighted by atomic mass is 16.4. The molecule has 0 aliphatic rings. The smallest absolute Gasteiger partial charge is 0.345 e. The minimum atomic E-state index is -0.384. The molecule has 4 heteroatoms. The van der Waals surface area contributed by atoms with E-state index in [9.17, 15) is 4.79 Å². The van der Waals surface area contributed by atoms with Crippen LogP contribution in [0.3, 0.4) is 0 Å². The normalized spacial score (nSPS) is 11.6. The molecule has 0 radical (unpaired) electrons. The van der Waals surface area contributed by atoms with Gasteiger partial charge >= 0.3 is 5.63 Å². The van der Waals surface area contributed by atoms with E-state index in [0.717, 1.165) is 11.1 Å². The van der Waals surface area contributed by atoms with E-state index in [1.54, 1.807) is 19.1 Å². The van der Waals surface area contributed by atoms with Crippen LogP contribution in [0.2, 0.25) is 0 Å². The van der Waals surface area contributed by atoms with Crippen LogP contribution in [0.25, 0.3) is 11.0 Å². The van der Waals surface area contributed by atoms with Gasteiger partial charge in [-0.25, -0.2) is 4.79 Å². The molecule has 1 aromatic heterocycles. The van der Waals surface area contributed by atoms with Gasteiger partial charge in [-0.1, -0.05) is 36.4 Å². The Hall–Kier alpha value is -2.88. The third-order valence-electron chi connectivity index (χ3n) is 3.16. The molecule has 0 atom stereocenters. The summed E-state index contributed by atoms with van der Waals surface area (Å²) in [6.45, 7) is 1.77. The summed E-state index contributed by atoms with van der Waals surface area (Å²) in [5, 5.41) is 5.12. The molecule has 0 fully saturated rings. The van der Waals surface area contributed by atoms with Crippen LogP contribution in [0.4, 0.5) is 5.69 Å². The van der Waals surface area contributed by atoms with E-state index in [0.29, 0.717) is 16.9 Å². The fourth-order valence-electron chi connectivity index (χ4n) is 2.04. The molecule has 1 heterocycles. The second kappa shape index (κ2) is 5.63. The lowest BCUT2D eigenvalue weighted by atomic mass is 10.1. The number of fused-ring (bicyclic) bond motifs is 1. The van der Waals surface area contributed by atoms with Crippen LogP contribution in [-0.4, -0.2) is 5.71 Å². The van der Waals surface area contributed by atoms with Crippen molar-refractivity contribution in [2.75, 3.05) is 5.43 Å². The first-order valence-corrected chi connectivity index (χ1v) is 6.62. The SMILES string of the molecule is C/C(=N\Nc1ccccc1)c1cc2ccccc2oc1=O. The molecule has 104 valence electrons. The zero-order valence-electron chi connectivity index (χ0n) is 11.5. The molecule has 1 N–H and O–H groups in total. The van der Waals surface area contributed by atoms with Crippen molar-refractivity contribution >= 4 is 22.4 Å². The lowest BCUT2D eigenvalue weighted by Crippen LogP contribution is -2.13. The first-order valence-electron chi connectivity index (χ1n) is 6.62. The summed E-state index contributed by atoms with van der Waals surface area (Å²) >= 11 is 0. The van der Waals surface area contributed by atoms with E-state index in [-0.39, 0.29) is 5.63 Å². The summed E-state index contributed by atoms with van der Waals surface area (Å²) in [7, 11) is 0. The van der Waals surface area contributed by atoms with Gasteiger partial charge in [-0.3, -0.25) is 5.43 Å². The average Bonchev–Trinajstić information content (AvgIpc) is 2.53. The lowest BCUT2D eigenvalue weighted by Gasteiger charge is -2.03. The van der Waals surface area contributed by atoms with E-state index >= 15 is 0 Å². The van der Waals surface area contributed by atoms with Crippen LogP contribution in [0.5, 0.6) is 0 Å². The maximum absolute atomic E-state index is 12.0. The van der Waals surface area contributed by atoms with Crippen LogP contribution in [0, 0.1) is 0 Å². The molecule has 21 heavy (non-hydrogen) atoms. The van der Waals surface area contributed by atoms with Crippen molar-refractivity contribution in [3.63, 3.8) is 0 Å². The molecular formula is C17H14N2O2. The van der Waals surface area contributed by atoms with Gasteiger partial charge in [0.2, 0.25) is 0 Å². The molecule has 0 amide bonds. The number of hydrazone groups is 1. The van der Waals surface area contributed by atoms with Gasteiger partial charge < -0.3 is 4.42 Å². The molecule has 0 spiro atoms. The zero-order chi connectivity index (χ0) is 14.7. The van der Waals surface area contributed by atoms with Crippen molar-refractivity contribution in [2.45, 2.75) is 6.92 Å². The number of nitrogens with zero attached hydrogens (tertiary/aromatic N) is 1. The molecule has 3 aromatic rings. The van der Waals surface area contributed by atoms with Gasteiger partial charge in [0.05, 0.1) is 17.0 Å². The standard InChI is InChI=1S/C17H14N2O2/c1-12(18-19-14-8-3-2-4-9-14)15-11-13-7-5-6-10-16(13)21-17(15)20/h2-11,19H,1H3/b18-12+. The number of rotatable bonds is 3. The van der Waals surface area contributed by atoms with Gasteiger partial charge in [-0.2, -0.15) is 5.10 Å². The number of anilines is 1. The van der Waals surface area contributed by atoms with Crippen molar-refractivity contribution in [2.24, 2.45) is 5.10 Å². The van der Waals surface area contributed by atoms with Crippen molar-refractivity contribution in [3.05, 3.63) is 76.6 Å². The lowest BCUT2D eigenvalue weighted by molar-refractivity contribution is 0.559. The highest BCUT2D eigenvalue weighted by Gasteiger charge is 2.07. The Bertz CT molecular complexity index is 851. The maximum atomic E-state index is 12.0. The van der Waals surface area contributed by atoms with Gasteiger partial charge in [0.25, 0.3) is 0 Å². The highest BCUT2D eigenvalue weighted by molar-refractivity contribution is 6.00. The summed E-state index contributed by atoms with van der Waals surface area (Å²) in [6.07, 6.45) is 0. The molecular weight excluding hydrogens is 264 g/mol. The largest absolute Gasteiger partial charge is 0.422 e. The minimum Gasteiger partial charge on any atom is -0.422 e. The van der Waals surface area contributed by atoms with Crippen LogP contribution in [-0.2, 0) is 0 Å². The predicted molar refractivity (Wildman–Crippen MR) is 84.8 cm³/mol. The number of para-hydroxylation sites is 2. The van der Waals surface area contributed by atoms with Crippen LogP contribution >= 0.6 is 0 Å². The maximum Gasteiger partial charge on any atom is 0.345 e. The molecule has 2 aromatic carbocycles. The minimum absolute atomic E-state index is 0.384. The molecule has 3 rings (SSSR count). The van der Waals surface area contributed by atoms with Crippen LogP contribution in [0.15, 0.2) is 75.0 Å². The molecule has 0 aliphatic heterocycles. The summed E-state index contributed by atoms with van der Waals surface area (Å²) in [4.78, 5) is 12.0. The number of benzene rings is 2. The quantitative estimate of drug-likeness (QED) is 0.452. The third-order valence-corrected chi connectivity index (χ3v) is 3.16. The Morgan fingerprint density at radius 1 is 1.05 bits per heavy atom. The van der Waals surface area contributed by atoms with Gasteiger partial charge in [-0.05, 0) is 31.2 Å². The average molecular weight is 278 g/mol. The zero-order valence-corrected chi connectivity index (χ0v) is 11.5. The van der Waals surface area contributed by atoms with Crippen LogP contribution < -0.4 is 11.1 Å². The van der Waals surface area contributed by atoms with Gasteiger partial charge in [0.15, 0.2) is 0 Å². The van der Waals surface area contributed by atoms with E-state index in [4.69, 9.17) is 4.42 Å². The first kappa shape index (κ1) is 13.1. The van der Waals surface area contributed by atoms with E-state index in [1.165, 1.54) is 0 Å². The Morgan fingerprint density at radius 2 is 1.76 bits per heavy atom. The summed E-state index contributed by atoms with van der Waals surface area (Å²) in [5.74, 6) is 0. The van der Waals surface area contributed by atoms with E-state index < -0.39 is 0 Å². The summed E-state index contributed by atoms with van der Waals surface area (Å²) < 4.78 is 5.30. The van der Waals surface area contributed by atoms with Crippen molar-refractivity contribution < 1.29 is 4.42 Å². The molecule has 0 aliphatic carbocycles. The number of hydrogen-bond acceptors (Lipinski definition) is 4. The third kappa shape index (κ3) is 2.84. The molecule has 0 unspecified atom stereocenters. The topological polar surface area (TPSA) is 54.6 Å². The molecule has 0 bridgehead atoms.